The molecule has 0 atom stereocenters. The maximum absolute atomic E-state index is 14.7. The normalized spacial score (nSPS) is 22.1. The third kappa shape index (κ3) is 5.13. The predicted molar refractivity (Wildman–Crippen MR) is 139 cm³/mol. The summed E-state index contributed by atoms with van der Waals surface area (Å²) in [7, 11) is -4.41. The van der Waals surface area contributed by atoms with Crippen LogP contribution in [0.1, 0.15) is 61.4 Å². The molecule has 0 bridgehead atoms. The summed E-state index contributed by atoms with van der Waals surface area (Å²) in [5, 5.41) is 8.35. The lowest BCUT2D eigenvalue weighted by Crippen LogP contribution is -2.50. The Kier molecular flexibility index (Phi) is 7.82. The van der Waals surface area contributed by atoms with Gasteiger partial charge < -0.3 is 4.90 Å². The van der Waals surface area contributed by atoms with Crippen molar-refractivity contribution in [2.45, 2.75) is 72.2 Å². The largest absolute Gasteiger partial charge is 0.435 e. The molecule has 2 aromatic carbocycles. The van der Waals surface area contributed by atoms with Crippen molar-refractivity contribution in [1.29, 1.82) is 0 Å². The first-order valence-electron chi connectivity index (χ1n) is 13.5. The van der Waals surface area contributed by atoms with Gasteiger partial charge in [0, 0.05) is 37.7 Å². The second kappa shape index (κ2) is 10.8. The van der Waals surface area contributed by atoms with Gasteiger partial charge in [0.2, 0.25) is 5.91 Å². The highest BCUT2D eigenvalue weighted by Gasteiger charge is 2.73. The van der Waals surface area contributed by atoms with Crippen molar-refractivity contribution in [1.82, 2.24) is 19.9 Å². The molecule has 7 nitrogen and oxygen atoms in total. The van der Waals surface area contributed by atoms with Crippen LogP contribution in [0.5, 0.6) is 0 Å². The molecule has 1 amide bonds. The fourth-order valence-corrected chi connectivity index (χ4v) is 8.12. The Labute approximate surface area is 246 Å². The van der Waals surface area contributed by atoms with Crippen LogP contribution in [0.15, 0.2) is 59.6 Å². The average Bonchev–Trinajstić information content (AvgIpc) is 3.40. The standard InChI is InChI=1S/C28H26F8N4O3S/c1-17(41)39-14-18(15-39)24-16-40(38-37-24)22-10-12-25(13-11-22,44(42,43)23-8-6-21(29)7-9-23)19-2-4-20(5-3-19)26(30,27(31,32)33)28(34,35)36/h2-9,16,18,22H,10-15H2,1H3. The first-order chi connectivity index (χ1) is 20.4. The van der Waals surface area contributed by atoms with Gasteiger partial charge in [-0.15, -0.1) is 5.10 Å². The molecule has 0 radical (unpaired) electrons. The fraction of sp³-hybridized carbons (Fsp3) is 0.464. The molecule has 1 aromatic heterocycles. The van der Waals surface area contributed by atoms with Gasteiger partial charge in [-0.3, -0.25) is 4.79 Å². The van der Waals surface area contributed by atoms with E-state index < -0.39 is 44.0 Å². The van der Waals surface area contributed by atoms with Gasteiger partial charge >= 0.3 is 18.0 Å². The molecule has 16 heteroatoms. The highest BCUT2D eigenvalue weighted by atomic mass is 32.2. The van der Waals surface area contributed by atoms with E-state index >= 15 is 0 Å². The Morgan fingerprint density at radius 1 is 0.886 bits per heavy atom. The second-order valence-electron chi connectivity index (χ2n) is 11.2. The Morgan fingerprint density at radius 3 is 1.93 bits per heavy atom. The highest BCUT2D eigenvalue weighted by Crippen LogP contribution is 2.54. The van der Waals surface area contributed by atoms with Crippen molar-refractivity contribution in [3.8, 4) is 0 Å². The number of likely N-dealkylation sites (tertiary alicyclic amines) is 1. The van der Waals surface area contributed by atoms with Crippen LogP contribution in [0, 0.1) is 5.82 Å². The number of nitrogens with zero attached hydrogens (tertiary/aromatic N) is 4. The van der Waals surface area contributed by atoms with E-state index in [9.17, 15) is 48.3 Å². The molecular formula is C28H26F8N4O3S. The number of hydrogen-bond donors (Lipinski definition) is 0. The number of carbonyl (C=O) groups is 1. The Hall–Kier alpha value is -3.56. The molecule has 238 valence electrons. The van der Waals surface area contributed by atoms with Gasteiger partial charge in [-0.25, -0.2) is 21.9 Å². The number of alkyl halides is 7. The van der Waals surface area contributed by atoms with Crippen molar-refractivity contribution >= 4 is 15.7 Å². The molecule has 1 aliphatic heterocycles. The van der Waals surface area contributed by atoms with Gasteiger partial charge in [0.05, 0.1) is 16.6 Å². The zero-order chi connectivity index (χ0) is 32.3. The maximum Gasteiger partial charge on any atom is 0.435 e. The second-order valence-corrected chi connectivity index (χ2v) is 13.4. The summed E-state index contributed by atoms with van der Waals surface area (Å²) in [6.45, 7) is 2.42. The van der Waals surface area contributed by atoms with Crippen LogP contribution in [0.3, 0.4) is 0 Å². The molecule has 5 rings (SSSR count). The van der Waals surface area contributed by atoms with E-state index in [4.69, 9.17) is 0 Å². The van der Waals surface area contributed by atoms with Crippen molar-refractivity contribution in [2.24, 2.45) is 0 Å². The van der Waals surface area contributed by atoms with Gasteiger partial charge in [-0.2, -0.15) is 26.3 Å². The van der Waals surface area contributed by atoms with Gasteiger partial charge in [-0.1, -0.05) is 29.5 Å². The van der Waals surface area contributed by atoms with Crippen LogP contribution in [0.25, 0.3) is 0 Å². The minimum absolute atomic E-state index is 0.0104. The molecule has 0 spiro atoms. The lowest BCUT2D eigenvalue weighted by Gasteiger charge is -2.40. The Bertz CT molecular complexity index is 1610. The maximum atomic E-state index is 14.7. The summed E-state index contributed by atoms with van der Waals surface area (Å²) < 4.78 is 136. The third-order valence-electron chi connectivity index (χ3n) is 8.64. The van der Waals surface area contributed by atoms with Crippen LogP contribution >= 0.6 is 0 Å². The van der Waals surface area contributed by atoms with Crippen molar-refractivity contribution in [3.63, 3.8) is 0 Å². The first-order valence-corrected chi connectivity index (χ1v) is 15.0. The fourth-order valence-electron chi connectivity index (χ4n) is 5.96. The van der Waals surface area contributed by atoms with Crippen LogP contribution in [0.2, 0.25) is 0 Å². The van der Waals surface area contributed by atoms with E-state index in [2.05, 4.69) is 10.3 Å². The molecular weight excluding hydrogens is 624 g/mol. The molecule has 1 saturated carbocycles. The Morgan fingerprint density at radius 2 is 1.43 bits per heavy atom. The summed E-state index contributed by atoms with van der Waals surface area (Å²) in [4.78, 5) is 12.8. The topological polar surface area (TPSA) is 85.2 Å². The van der Waals surface area contributed by atoms with E-state index in [1.54, 1.807) is 15.8 Å². The molecule has 1 aliphatic carbocycles. The number of halogens is 8. The van der Waals surface area contributed by atoms with Crippen molar-refractivity contribution < 1.29 is 48.3 Å². The minimum atomic E-state index is -6.33. The van der Waals surface area contributed by atoms with Crippen LogP contribution in [-0.2, 0) is 25.0 Å². The first kappa shape index (κ1) is 31.9. The number of carbonyl (C=O) groups excluding carboxylic acids is 1. The van der Waals surface area contributed by atoms with Crippen LogP contribution < -0.4 is 0 Å². The summed E-state index contributed by atoms with van der Waals surface area (Å²) >= 11 is 0. The smallest absolute Gasteiger partial charge is 0.341 e. The Balaban J connectivity index is 1.48. The van der Waals surface area contributed by atoms with Crippen molar-refractivity contribution in [2.75, 3.05) is 13.1 Å². The molecule has 2 fully saturated rings. The SMILES string of the molecule is CC(=O)N1CC(c2cn(C3CCC(c4ccc(C(F)(C(F)(F)F)C(F)(F)F)cc4)(S(=O)(=O)c4ccc(F)cc4)CC3)nn2)C1. The summed E-state index contributed by atoms with van der Waals surface area (Å²) in [5.41, 5.74) is -6.89. The average molecular weight is 651 g/mol. The molecule has 0 N–H and O–H groups in total. The molecule has 2 aliphatic rings. The lowest BCUT2D eigenvalue weighted by atomic mass is 9.80. The molecule has 1 saturated heterocycles. The van der Waals surface area contributed by atoms with Crippen LogP contribution in [0.4, 0.5) is 35.1 Å². The van der Waals surface area contributed by atoms with Gasteiger partial charge in [0.25, 0.3) is 0 Å². The van der Waals surface area contributed by atoms with E-state index in [0.717, 1.165) is 36.4 Å². The zero-order valence-electron chi connectivity index (χ0n) is 23.0. The lowest BCUT2D eigenvalue weighted by molar-refractivity contribution is -0.348. The zero-order valence-corrected chi connectivity index (χ0v) is 23.9. The number of rotatable bonds is 6. The van der Waals surface area contributed by atoms with E-state index in [1.807, 2.05) is 0 Å². The number of hydrogen-bond acceptors (Lipinski definition) is 5. The van der Waals surface area contributed by atoms with Gasteiger partial charge in [0.1, 0.15) is 10.6 Å². The van der Waals surface area contributed by atoms with Crippen LogP contribution in [-0.4, -0.2) is 59.7 Å². The number of sulfone groups is 1. The predicted octanol–water partition coefficient (Wildman–Crippen LogP) is 6.14. The third-order valence-corrected chi connectivity index (χ3v) is 11.2. The minimum Gasteiger partial charge on any atom is -0.341 e. The summed E-state index contributed by atoms with van der Waals surface area (Å²) in [6.07, 6.45) is -10.9. The van der Waals surface area contributed by atoms with E-state index in [1.165, 1.54) is 6.92 Å². The quantitative estimate of drug-likeness (QED) is 0.237. The summed E-state index contributed by atoms with van der Waals surface area (Å²) in [5.74, 6) is -0.796. The van der Waals surface area contributed by atoms with Gasteiger partial charge in [0.15, 0.2) is 9.84 Å². The molecule has 2 heterocycles. The van der Waals surface area contributed by atoms with Gasteiger partial charge in [-0.05, 0) is 55.5 Å². The molecule has 44 heavy (non-hydrogen) atoms. The number of benzene rings is 2. The molecule has 0 unspecified atom stereocenters. The summed E-state index contributed by atoms with van der Waals surface area (Å²) in [6, 6.07) is 5.70. The van der Waals surface area contributed by atoms with E-state index in [0.29, 0.717) is 30.9 Å². The highest BCUT2D eigenvalue weighted by molar-refractivity contribution is 7.92. The number of amides is 1. The van der Waals surface area contributed by atoms with Crippen molar-refractivity contribution in [3.05, 3.63) is 77.4 Å². The molecule has 3 aromatic rings. The number of aromatic nitrogens is 3. The monoisotopic (exact) mass is 650 g/mol. The van der Waals surface area contributed by atoms with E-state index in [-0.39, 0.29) is 54.0 Å².